The van der Waals surface area contributed by atoms with Crippen LogP contribution in [0.3, 0.4) is 0 Å². The molecule has 1 aliphatic rings. The molecule has 0 unspecified atom stereocenters. The Hall–Kier alpha value is -2.51. The lowest BCUT2D eigenvalue weighted by molar-refractivity contribution is 0.454. The van der Waals surface area contributed by atoms with Crippen LogP contribution in [0.1, 0.15) is 0 Å². The Labute approximate surface area is 82.5 Å². The van der Waals surface area contributed by atoms with Gasteiger partial charge in [-0.25, -0.2) is 4.98 Å². The lowest BCUT2D eigenvalue weighted by atomic mass is 10.4. The monoisotopic (exact) mass is 206 g/mol. The molecule has 0 bridgehead atoms. The van der Waals surface area contributed by atoms with E-state index in [-0.39, 0.29) is 17.5 Å². The van der Waals surface area contributed by atoms with Gasteiger partial charge in [-0.1, -0.05) is 0 Å². The van der Waals surface area contributed by atoms with E-state index in [0.29, 0.717) is 11.7 Å². The van der Waals surface area contributed by atoms with E-state index in [1.165, 1.54) is 6.33 Å². The molecular formula is C7H6N6O2. The molecule has 76 valence electrons. The average molecular weight is 206 g/mol. The van der Waals surface area contributed by atoms with Crippen molar-refractivity contribution in [3.05, 3.63) is 16.7 Å². The maximum Gasteiger partial charge on any atom is 0.297 e. The van der Waals surface area contributed by atoms with Crippen molar-refractivity contribution in [1.82, 2.24) is 19.9 Å². The predicted octanol–water partition coefficient (Wildman–Crippen LogP) is -0.0755. The number of fused-ring (bicyclic) bond motifs is 2. The second-order valence-electron chi connectivity index (χ2n) is 2.94. The minimum atomic E-state index is -0.446. The highest BCUT2D eigenvalue weighted by molar-refractivity contribution is 5.68. The molecule has 0 saturated carbocycles. The standard InChI is InChI=1S/C7H6N6O2/c8-7-12-3-2(5(14)13-7)15-6-4(11-3)9-1-10-6/h1H,(H,9,10)(H4,8,11,12,13,14). The first-order valence-corrected chi connectivity index (χ1v) is 4.12. The minimum Gasteiger partial charge on any atom is -0.426 e. The van der Waals surface area contributed by atoms with E-state index < -0.39 is 5.56 Å². The highest BCUT2D eigenvalue weighted by Crippen LogP contribution is 2.35. The quantitative estimate of drug-likeness (QED) is 0.408. The van der Waals surface area contributed by atoms with Gasteiger partial charge >= 0.3 is 0 Å². The molecule has 1 aliphatic heterocycles. The Kier molecular flexibility index (Phi) is 1.31. The third kappa shape index (κ3) is 1.04. The number of ether oxygens (including phenoxy) is 1. The van der Waals surface area contributed by atoms with Crippen molar-refractivity contribution < 1.29 is 4.74 Å². The summed E-state index contributed by atoms with van der Waals surface area (Å²) in [6.07, 6.45) is 1.45. The summed E-state index contributed by atoms with van der Waals surface area (Å²) in [5.74, 6) is 1.20. The fourth-order valence-electron chi connectivity index (χ4n) is 1.32. The van der Waals surface area contributed by atoms with E-state index in [0.717, 1.165) is 0 Å². The average Bonchev–Trinajstić information content (AvgIpc) is 2.61. The highest BCUT2D eigenvalue weighted by atomic mass is 16.5. The summed E-state index contributed by atoms with van der Waals surface area (Å²) in [6, 6.07) is 0. The van der Waals surface area contributed by atoms with Gasteiger partial charge in [-0.2, -0.15) is 4.98 Å². The number of rotatable bonds is 0. The van der Waals surface area contributed by atoms with Crippen molar-refractivity contribution in [3.63, 3.8) is 0 Å². The van der Waals surface area contributed by atoms with Gasteiger partial charge in [0.15, 0.2) is 11.6 Å². The van der Waals surface area contributed by atoms with Gasteiger partial charge in [0.1, 0.15) is 0 Å². The number of nitrogens with one attached hydrogen (secondary N) is 3. The predicted molar refractivity (Wildman–Crippen MR) is 51.2 cm³/mol. The molecular weight excluding hydrogens is 200 g/mol. The van der Waals surface area contributed by atoms with E-state index in [2.05, 4.69) is 25.3 Å². The molecule has 5 N–H and O–H groups in total. The number of nitrogens with zero attached hydrogens (tertiary/aromatic N) is 2. The number of hydrogen-bond donors (Lipinski definition) is 4. The zero-order valence-corrected chi connectivity index (χ0v) is 7.37. The van der Waals surface area contributed by atoms with Crippen LogP contribution in [0.25, 0.3) is 0 Å². The van der Waals surface area contributed by atoms with Crippen LogP contribution in [0.2, 0.25) is 0 Å². The Morgan fingerprint density at radius 2 is 2.33 bits per heavy atom. The third-order valence-electron chi connectivity index (χ3n) is 1.94. The van der Waals surface area contributed by atoms with Crippen LogP contribution in [0.15, 0.2) is 11.1 Å². The van der Waals surface area contributed by atoms with Crippen LogP contribution in [-0.4, -0.2) is 19.9 Å². The number of hydrogen-bond acceptors (Lipinski definition) is 6. The van der Waals surface area contributed by atoms with E-state index >= 15 is 0 Å². The molecule has 0 aliphatic carbocycles. The van der Waals surface area contributed by atoms with Crippen LogP contribution in [-0.2, 0) is 0 Å². The van der Waals surface area contributed by atoms with Crippen LogP contribution < -0.4 is 21.3 Å². The van der Waals surface area contributed by atoms with Crippen LogP contribution in [0, 0.1) is 0 Å². The van der Waals surface area contributed by atoms with Gasteiger partial charge in [0.25, 0.3) is 11.4 Å². The van der Waals surface area contributed by atoms with E-state index in [1.54, 1.807) is 0 Å². The Bertz CT molecular complexity index is 585. The Morgan fingerprint density at radius 3 is 3.20 bits per heavy atom. The largest absolute Gasteiger partial charge is 0.426 e. The summed E-state index contributed by atoms with van der Waals surface area (Å²) in [4.78, 5) is 24.3. The molecule has 0 atom stereocenters. The maximum absolute atomic E-state index is 11.4. The Morgan fingerprint density at radius 1 is 1.47 bits per heavy atom. The maximum atomic E-state index is 11.4. The molecule has 2 aromatic heterocycles. The summed E-state index contributed by atoms with van der Waals surface area (Å²) in [5, 5.41) is 2.85. The van der Waals surface area contributed by atoms with Gasteiger partial charge in [0, 0.05) is 0 Å². The molecule has 0 amide bonds. The number of imidazole rings is 1. The minimum absolute atomic E-state index is 0.0258. The lowest BCUT2D eigenvalue weighted by Gasteiger charge is -2.15. The lowest BCUT2D eigenvalue weighted by Crippen LogP contribution is -2.18. The fourth-order valence-corrected chi connectivity index (χ4v) is 1.32. The molecule has 8 heteroatoms. The van der Waals surface area contributed by atoms with Crippen LogP contribution >= 0.6 is 0 Å². The summed E-state index contributed by atoms with van der Waals surface area (Å²) >= 11 is 0. The van der Waals surface area contributed by atoms with E-state index in [4.69, 9.17) is 10.5 Å². The van der Waals surface area contributed by atoms with Gasteiger partial charge in [-0.05, 0) is 0 Å². The number of nitrogen functional groups attached to an aromatic ring is 1. The summed E-state index contributed by atoms with van der Waals surface area (Å²) in [6.45, 7) is 0. The number of anilines is 3. The topological polar surface area (TPSA) is 122 Å². The molecule has 0 saturated heterocycles. The second-order valence-corrected chi connectivity index (χ2v) is 2.94. The molecule has 3 rings (SSSR count). The molecule has 0 spiro atoms. The van der Waals surface area contributed by atoms with Crippen molar-refractivity contribution in [2.45, 2.75) is 0 Å². The summed E-state index contributed by atoms with van der Waals surface area (Å²) < 4.78 is 5.24. The van der Waals surface area contributed by atoms with E-state index in [9.17, 15) is 4.79 Å². The van der Waals surface area contributed by atoms with Crippen LogP contribution in [0.5, 0.6) is 11.6 Å². The fraction of sp³-hybridized carbons (Fsp3) is 0. The number of aromatic nitrogens is 4. The van der Waals surface area contributed by atoms with Crippen molar-refractivity contribution in [2.75, 3.05) is 11.1 Å². The Balaban J connectivity index is 2.21. The van der Waals surface area contributed by atoms with Gasteiger partial charge < -0.3 is 20.8 Å². The zero-order valence-electron chi connectivity index (χ0n) is 7.37. The number of aromatic amines is 2. The molecule has 0 fully saturated rings. The third-order valence-corrected chi connectivity index (χ3v) is 1.94. The van der Waals surface area contributed by atoms with Crippen molar-refractivity contribution >= 4 is 17.6 Å². The highest BCUT2D eigenvalue weighted by Gasteiger charge is 2.23. The summed E-state index contributed by atoms with van der Waals surface area (Å²) in [5.41, 5.74) is 4.94. The summed E-state index contributed by atoms with van der Waals surface area (Å²) in [7, 11) is 0. The first kappa shape index (κ1) is 7.85. The van der Waals surface area contributed by atoms with Crippen LogP contribution in [0.4, 0.5) is 17.6 Å². The van der Waals surface area contributed by atoms with Crippen molar-refractivity contribution in [3.8, 4) is 11.6 Å². The van der Waals surface area contributed by atoms with Gasteiger partial charge in [0.2, 0.25) is 11.7 Å². The molecule has 8 nitrogen and oxygen atoms in total. The first-order chi connectivity index (χ1) is 7.24. The molecule has 15 heavy (non-hydrogen) atoms. The molecule has 2 aromatic rings. The first-order valence-electron chi connectivity index (χ1n) is 4.12. The van der Waals surface area contributed by atoms with Gasteiger partial charge in [-0.15, -0.1) is 0 Å². The SMILES string of the molecule is Nc1nc2c(c(=O)[nH]1)Oc1nc[nH]c1N2. The number of H-pyrrole nitrogens is 2. The smallest absolute Gasteiger partial charge is 0.297 e. The number of nitrogens with two attached hydrogens (primary N) is 1. The van der Waals surface area contributed by atoms with Gasteiger partial charge in [0.05, 0.1) is 6.33 Å². The van der Waals surface area contributed by atoms with E-state index in [1.807, 2.05) is 0 Å². The van der Waals surface area contributed by atoms with Gasteiger partial charge in [-0.3, -0.25) is 9.78 Å². The van der Waals surface area contributed by atoms with Crippen molar-refractivity contribution in [2.24, 2.45) is 0 Å². The molecule has 0 aromatic carbocycles. The normalized spacial score (nSPS) is 12.3. The molecule has 0 radical (unpaired) electrons. The second kappa shape index (κ2) is 2.50. The zero-order chi connectivity index (χ0) is 10.4. The molecule has 3 heterocycles. The van der Waals surface area contributed by atoms with Crippen molar-refractivity contribution in [1.29, 1.82) is 0 Å².